The van der Waals surface area contributed by atoms with Crippen LogP contribution >= 0.6 is 24.2 Å². The molecule has 1 aromatic carbocycles. The molecule has 0 aromatic heterocycles. The van der Waals surface area contributed by atoms with Crippen LogP contribution in [0.3, 0.4) is 0 Å². The SMILES string of the molecule is Cl.O=C(CC1CCNC1)Nc1ccc(SC2CCCC2)cc1. The Hall–Kier alpha value is -0.710. The Balaban J connectivity index is 0.00000176. The molecule has 1 aromatic rings. The lowest BCUT2D eigenvalue weighted by Crippen LogP contribution is -2.18. The Bertz CT molecular complexity index is 468. The molecule has 5 heteroatoms. The highest BCUT2D eigenvalue weighted by Gasteiger charge is 2.18. The van der Waals surface area contributed by atoms with Crippen molar-refractivity contribution in [1.29, 1.82) is 0 Å². The van der Waals surface area contributed by atoms with Crippen LogP contribution in [-0.4, -0.2) is 24.2 Å². The zero-order valence-corrected chi connectivity index (χ0v) is 14.5. The lowest BCUT2D eigenvalue weighted by Gasteiger charge is -2.11. The van der Waals surface area contributed by atoms with E-state index in [1.165, 1.54) is 30.6 Å². The number of thioether (sulfide) groups is 1. The third-order valence-corrected chi connectivity index (χ3v) is 5.73. The molecule has 0 spiro atoms. The molecule has 22 heavy (non-hydrogen) atoms. The van der Waals surface area contributed by atoms with Crippen LogP contribution < -0.4 is 10.6 Å². The fourth-order valence-electron chi connectivity index (χ4n) is 3.18. The molecule has 1 aliphatic carbocycles. The number of hydrogen-bond donors (Lipinski definition) is 2. The van der Waals surface area contributed by atoms with Gasteiger partial charge in [0, 0.05) is 22.3 Å². The monoisotopic (exact) mass is 340 g/mol. The summed E-state index contributed by atoms with van der Waals surface area (Å²) in [6.45, 7) is 2.02. The normalized spacial score (nSPS) is 21.5. The second kappa shape index (κ2) is 8.80. The van der Waals surface area contributed by atoms with E-state index in [0.717, 1.165) is 30.4 Å². The molecule has 1 heterocycles. The summed E-state index contributed by atoms with van der Waals surface area (Å²) < 4.78 is 0. The van der Waals surface area contributed by atoms with E-state index in [9.17, 15) is 4.79 Å². The van der Waals surface area contributed by atoms with Crippen molar-refractivity contribution < 1.29 is 4.79 Å². The van der Waals surface area contributed by atoms with Gasteiger partial charge in [-0.3, -0.25) is 4.79 Å². The van der Waals surface area contributed by atoms with Crippen LogP contribution in [0.4, 0.5) is 5.69 Å². The number of anilines is 1. The third-order valence-electron chi connectivity index (χ3n) is 4.38. The lowest BCUT2D eigenvalue weighted by molar-refractivity contribution is -0.116. The number of carbonyl (C=O) groups is 1. The van der Waals surface area contributed by atoms with Gasteiger partial charge in [-0.15, -0.1) is 24.2 Å². The van der Waals surface area contributed by atoms with Crippen LogP contribution in [0.5, 0.6) is 0 Å². The van der Waals surface area contributed by atoms with Crippen LogP contribution in [0.2, 0.25) is 0 Å². The molecule has 0 bridgehead atoms. The molecule has 1 aliphatic heterocycles. The van der Waals surface area contributed by atoms with Crippen LogP contribution in [0.25, 0.3) is 0 Å². The number of amides is 1. The van der Waals surface area contributed by atoms with Gasteiger partial charge in [0.1, 0.15) is 0 Å². The van der Waals surface area contributed by atoms with E-state index in [1.807, 2.05) is 23.9 Å². The van der Waals surface area contributed by atoms with Crippen molar-refractivity contribution in [3.05, 3.63) is 24.3 Å². The predicted molar refractivity (Wildman–Crippen MR) is 96.0 cm³/mol. The van der Waals surface area contributed by atoms with E-state index in [-0.39, 0.29) is 18.3 Å². The summed E-state index contributed by atoms with van der Waals surface area (Å²) in [7, 11) is 0. The molecule has 1 saturated heterocycles. The molecular formula is C17H25ClN2OS. The standard InChI is InChI=1S/C17H24N2OS.ClH/c20-17(11-13-9-10-18-12-13)19-14-5-7-16(8-6-14)21-15-3-1-2-4-15;/h5-8,13,15,18H,1-4,9-12H2,(H,19,20);1H. The second-order valence-electron chi connectivity index (χ2n) is 6.16. The summed E-state index contributed by atoms with van der Waals surface area (Å²) in [5, 5.41) is 7.11. The molecule has 1 atom stereocenters. The number of nitrogens with one attached hydrogen (secondary N) is 2. The minimum absolute atomic E-state index is 0. The molecule has 0 radical (unpaired) electrons. The second-order valence-corrected chi connectivity index (χ2v) is 7.53. The zero-order valence-electron chi connectivity index (χ0n) is 12.8. The number of benzene rings is 1. The Kier molecular flexibility index (Phi) is 7.06. The van der Waals surface area contributed by atoms with Crippen molar-refractivity contribution in [2.75, 3.05) is 18.4 Å². The predicted octanol–water partition coefficient (Wildman–Crippen LogP) is 4.08. The van der Waals surface area contributed by atoms with Crippen molar-refractivity contribution >= 4 is 35.8 Å². The van der Waals surface area contributed by atoms with Gasteiger partial charge in [-0.05, 0) is 62.5 Å². The first-order chi connectivity index (χ1) is 10.3. The van der Waals surface area contributed by atoms with Gasteiger partial charge in [-0.25, -0.2) is 0 Å². The maximum Gasteiger partial charge on any atom is 0.224 e. The minimum Gasteiger partial charge on any atom is -0.326 e. The Labute approximate surface area is 143 Å². The van der Waals surface area contributed by atoms with Crippen LogP contribution in [0.15, 0.2) is 29.2 Å². The molecule has 1 saturated carbocycles. The fraction of sp³-hybridized carbons (Fsp3) is 0.588. The Morgan fingerprint density at radius 3 is 2.55 bits per heavy atom. The number of carbonyl (C=O) groups excluding carboxylic acids is 1. The Morgan fingerprint density at radius 2 is 1.91 bits per heavy atom. The molecule has 1 unspecified atom stereocenters. The van der Waals surface area contributed by atoms with E-state index in [4.69, 9.17) is 0 Å². The van der Waals surface area contributed by atoms with Gasteiger partial charge in [0.15, 0.2) is 0 Å². The van der Waals surface area contributed by atoms with Gasteiger partial charge >= 0.3 is 0 Å². The first-order valence-corrected chi connectivity index (χ1v) is 8.95. The molecule has 1 amide bonds. The number of rotatable bonds is 5. The molecular weight excluding hydrogens is 316 g/mol. The summed E-state index contributed by atoms with van der Waals surface area (Å²) in [6, 6.07) is 8.33. The Morgan fingerprint density at radius 1 is 1.18 bits per heavy atom. The fourth-order valence-corrected chi connectivity index (χ4v) is 4.43. The van der Waals surface area contributed by atoms with Crippen molar-refractivity contribution in [3.63, 3.8) is 0 Å². The topological polar surface area (TPSA) is 41.1 Å². The van der Waals surface area contributed by atoms with E-state index < -0.39 is 0 Å². The largest absolute Gasteiger partial charge is 0.326 e. The molecule has 3 rings (SSSR count). The molecule has 2 fully saturated rings. The summed E-state index contributed by atoms with van der Waals surface area (Å²) in [5.74, 6) is 0.641. The average molecular weight is 341 g/mol. The van der Waals surface area contributed by atoms with Crippen LogP contribution in [0, 0.1) is 5.92 Å². The van der Waals surface area contributed by atoms with Gasteiger partial charge in [-0.2, -0.15) is 0 Å². The van der Waals surface area contributed by atoms with Crippen LogP contribution in [-0.2, 0) is 4.79 Å². The van der Waals surface area contributed by atoms with Gasteiger partial charge < -0.3 is 10.6 Å². The summed E-state index contributed by atoms with van der Waals surface area (Å²) in [6.07, 6.45) is 7.19. The van der Waals surface area contributed by atoms with Crippen molar-refractivity contribution in [2.24, 2.45) is 5.92 Å². The molecule has 2 aliphatic rings. The lowest BCUT2D eigenvalue weighted by atomic mass is 10.0. The van der Waals surface area contributed by atoms with Gasteiger partial charge in [-0.1, -0.05) is 12.8 Å². The smallest absolute Gasteiger partial charge is 0.224 e. The first-order valence-electron chi connectivity index (χ1n) is 8.07. The van der Waals surface area contributed by atoms with Gasteiger partial charge in [0.05, 0.1) is 0 Å². The number of hydrogen-bond acceptors (Lipinski definition) is 3. The molecule has 3 nitrogen and oxygen atoms in total. The maximum absolute atomic E-state index is 12.0. The first kappa shape index (κ1) is 17.6. The zero-order chi connectivity index (χ0) is 14.5. The van der Waals surface area contributed by atoms with Crippen molar-refractivity contribution in [2.45, 2.75) is 48.7 Å². The number of halogens is 1. The highest BCUT2D eigenvalue weighted by atomic mass is 35.5. The highest BCUT2D eigenvalue weighted by molar-refractivity contribution is 8.00. The van der Waals surface area contributed by atoms with E-state index >= 15 is 0 Å². The van der Waals surface area contributed by atoms with Crippen molar-refractivity contribution in [3.8, 4) is 0 Å². The third kappa shape index (κ3) is 5.18. The summed E-state index contributed by atoms with van der Waals surface area (Å²) in [4.78, 5) is 13.3. The molecule has 122 valence electrons. The van der Waals surface area contributed by atoms with Crippen LogP contribution in [0.1, 0.15) is 38.5 Å². The van der Waals surface area contributed by atoms with Gasteiger partial charge in [0.25, 0.3) is 0 Å². The highest BCUT2D eigenvalue weighted by Crippen LogP contribution is 2.34. The summed E-state index contributed by atoms with van der Waals surface area (Å²) >= 11 is 1.98. The van der Waals surface area contributed by atoms with E-state index in [2.05, 4.69) is 22.8 Å². The average Bonchev–Trinajstić information content (AvgIpc) is 3.14. The molecule has 2 N–H and O–H groups in total. The maximum atomic E-state index is 12.0. The van der Waals surface area contributed by atoms with Gasteiger partial charge in [0.2, 0.25) is 5.91 Å². The quantitative estimate of drug-likeness (QED) is 0.848. The van der Waals surface area contributed by atoms with Crippen molar-refractivity contribution in [1.82, 2.24) is 5.32 Å². The van der Waals surface area contributed by atoms with E-state index in [0.29, 0.717) is 12.3 Å². The minimum atomic E-state index is 0. The van der Waals surface area contributed by atoms with E-state index in [1.54, 1.807) is 0 Å². The summed E-state index contributed by atoms with van der Waals surface area (Å²) in [5.41, 5.74) is 0.918.